The molecule has 0 bridgehead atoms. The molecule has 0 spiro atoms. The Hall–Kier alpha value is -2.55. The molecule has 0 atom stereocenters. The van der Waals surface area contributed by atoms with Crippen LogP contribution in [-0.2, 0) is 0 Å². The van der Waals surface area contributed by atoms with E-state index in [4.69, 9.17) is 29.2 Å². The van der Waals surface area contributed by atoms with Crippen LogP contribution < -0.4 is 10.3 Å². The number of aromatic nitrogens is 3. The second-order valence-corrected chi connectivity index (χ2v) is 8.20. The average Bonchev–Trinajstić information content (AvgIpc) is 3.00. The monoisotopic (exact) mass is 427 g/mol. The molecular formula is C20H17N3O2S3. The van der Waals surface area contributed by atoms with Gasteiger partial charge in [0.05, 0.1) is 12.3 Å². The molecule has 0 amide bonds. The van der Waals surface area contributed by atoms with Gasteiger partial charge in [0.2, 0.25) is 0 Å². The summed E-state index contributed by atoms with van der Waals surface area (Å²) in [6, 6.07) is 15.2. The predicted molar refractivity (Wildman–Crippen MR) is 119 cm³/mol. The quantitative estimate of drug-likeness (QED) is 0.447. The van der Waals surface area contributed by atoms with Gasteiger partial charge in [-0.25, -0.2) is 0 Å². The van der Waals surface area contributed by atoms with Crippen molar-refractivity contribution in [2.24, 2.45) is 0 Å². The van der Waals surface area contributed by atoms with Crippen molar-refractivity contribution in [3.8, 4) is 17.1 Å². The largest absolute Gasteiger partial charge is 0.494 e. The molecule has 0 fully saturated rings. The van der Waals surface area contributed by atoms with Gasteiger partial charge in [-0.3, -0.25) is 13.9 Å². The zero-order valence-electron chi connectivity index (χ0n) is 15.3. The SMILES string of the molecule is CCOc1ccc(-n2c(=S)sc3c(=O)n(-c4ccccc4C)c(=S)[nH]c32)cc1. The summed E-state index contributed by atoms with van der Waals surface area (Å²) in [5.74, 6) is 0.784. The number of aryl methyl sites for hydroxylation is 1. The molecule has 0 aliphatic rings. The van der Waals surface area contributed by atoms with Gasteiger partial charge in [-0.1, -0.05) is 29.5 Å². The molecule has 0 aliphatic heterocycles. The first-order chi connectivity index (χ1) is 13.5. The van der Waals surface area contributed by atoms with E-state index in [0.29, 0.717) is 25.7 Å². The summed E-state index contributed by atoms with van der Waals surface area (Å²) >= 11 is 12.4. The van der Waals surface area contributed by atoms with E-state index in [1.54, 1.807) is 0 Å². The number of hydrogen-bond acceptors (Lipinski definition) is 5. The zero-order chi connectivity index (χ0) is 19.8. The molecular weight excluding hydrogens is 410 g/mol. The van der Waals surface area contributed by atoms with Crippen molar-refractivity contribution in [2.75, 3.05) is 6.61 Å². The number of aromatic amines is 1. The fourth-order valence-corrected chi connectivity index (χ4v) is 4.71. The average molecular weight is 428 g/mol. The Morgan fingerprint density at radius 3 is 2.46 bits per heavy atom. The van der Waals surface area contributed by atoms with Crippen LogP contribution in [0.4, 0.5) is 0 Å². The third-order valence-electron chi connectivity index (χ3n) is 4.40. The number of thiazole rings is 1. The van der Waals surface area contributed by atoms with Crippen LogP contribution in [0, 0.1) is 15.6 Å². The van der Waals surface area contributed by atoms with Crippen LogP contribution in [-0.4, -0.2) is 20.7 Å². The standard InChI is InChI=1S/C20H17N3O2S3/c1-3-25-14-10-8-13(9-11-14)22-17-16(28-20(22)27)18(24)23(19(26)21-17)15-7-5-4-6-12(15)2/h4-11H,3H2,1-2H3,(H,21,26). The highest BCUT2D eigenvalue weighted by molar-refractivity contribution is 7.73. The first kappa shape index (κ1) is 18.8. The maximum atomic E-state index is 13.2. The first-order valence-electron chi connectivity index (χ1n) is 8.71. The molecule has 0 unspecified atom stereocenters. The number of nitrogens with one attached hydrogen (secondary N) is 1. The summed E-state index contributed by atoms with van der Waals surface area (Å²) < 4.78 is 10.3. The van der Waals surface area contributed by atoms with Crippen molar-refractivity contribution in [3.63, 3.8) is 0 Å². The first-order valence-corrected chi connectivity index (χ1v) is 10.3. The van der Waals surface area contributed by atoms with Crippen LogP contribution >= 0.6 is 35.8 Å². The minimum Gasteiger partial charge on any atom is -0.494 e. The van der Waals surface area contributed by atoms with Gasteiger partial charge < -0.3 is 9.72 Å². The van der Waals surface area contributed by atoms with Crippen LogP contribution in [0.2, 0.25) is 0 Å². The van der Waals surface area contributed by atoms with Gasteiger partial charge >= 0.3 is 0 Å². The molecule has 0 saturated carbocycles. The number of H-pyrrole nitrogens is 1. The third-order valence-corrected chi connectivity index (χ3v) is 6.05. The summed E-state index contributed by atoms with van der Waals surface area (Å²) in [7, 11) is 0. The molecule has 1 N–H and O–H groups in total. The number of ether oxygens (including phenoxy) is 1. The highest BCUT2D eigenvalue weighted by Crippen LogP contribution is 2.25. The van der Waals surface area contributed by atoms with Gasteiger partial charge in [0, 0.05) is 5.69 Å². The Morgan fingerprint density at radius 2 is 1.79 bits per heavy atom. The molecule has 142 valence electrons. The van der Waals surface area contributed by atoms with Gasteiger partial charge in [0.1, 0.15) is 16.1 Å². The predicted octanol–water partition coefficient (Wildman–Crippen LogP) is 5.34. The van der Waals surface area contributed by atoms with E-state index in [0.717, 1.165) is 22.7 Å². The lowest BCUT2D eigenvalue weighted by Crippen LogP contribution is -2.21. The minimum absolute atomic E-state index is 0.172. The van der Waals surface area contributed by atoms with Gasteiger partial charge in [-0.2, -0.15) is 0 Å². The van der Waals surface area contributed by atoms with Crippen LogP contribution in [0.1, 0.15) is 12.5 Å². The smallest absolute Gasteiger partial charge is 0.278 e. The molecule has 0 radical (unpaired) electrons. The Kier molecular flexibility index (Phi) is 5.01. The number of fused-ring (bicyclic) bond motifs is 1. The number of hydrogen-bond donors (Lipinski definition) is 1. The van der Waals surface area contributed by atoms with Crippen molar-refractivity contribution < 1.29 is 4.74 Å². The number of rotatable bonds is 4. The molecule has 2 aromatic heterocycles. The summed E-state index contributed by atoms with van der Waals surface area (Å²) in [5.41, 5.74) is 3.02. The molecule has 0 aliphatic carbocycles. The molecule has 2 aromatic carbocycles. The Morgan fingerprint density at radius 1 is 1.07 bits per heavy atom. The molecule has 28 heavy (non-hydrogen) atoms. The van der Waals surface area contributed by atoms with E-state index < -0.39 is 0 Å². The van der Waals surface area contributed by atoms with Gasteiger partial charge in [-0.15, -0.1) is 0 Å². The zero-order valence-corrected chi connectivity index (χ0v) is 17.7. The maximum absolute atomic E-state index is 13.2. The summed E-state index contributed by atoms with van der Waals surface area (Å²) in [6.45, 7) is 4.50. The molecule has 0 saturated heterocycles. The third kappa shape index (κ3) is 3.13. The Bertz CT molecular complexity index is 1340. The molecule has 4 rings (SSSR count). The van der Waals surface area contributed by atoms with Crippen molar-refractivity contribution in [1.82, 2.24) is 14.1 Å². The molecule has 5 nitrogen and oxygen atoms in total. The van der Waals surface area contributed by atoms with Crippen molar-refractivity contribution >= 4 is 46.1 Å². The van der Waals surface area contributed by atoms with Crippen molar-refractivity contribution in [3.05, 3.63) is 73.2 Å². The minimum atomic E-state index is -0.172. The molecule has 2 heterocycles. The highest BCUT2D eigenvalue weighted by Gasteiger charge is 2.15. The Labute approximate surface area is 175 Å². The van der Waals surface area contributed by atoms with E-state index in [-0.39, 0.29) is 5.56 Å². The van der Waals surface area contributed by atoms with E-state index in [2.05, 4.69) is 4.98 Å². The topological polar surface area (TPSA) is 51.9 Å². The maximum Gasteiger partial charge on any atom is 0.278 e. The van der Waals surface area contributed by atoms with Crippen LogP contribution in [0.3, 0.4) is 0 Å². The second kappa shape index (κ2) is 7.46. The fraction of sp³-hybridized carbons (Fsp3) is 0.150. The summed E-state index contributed by atoms with van der Waals surface area (Å²) in [5, 5.41) is 0. The van der Waals surface area contributed by atoms with Crippen LogP contribution in [0.15, 0.2) is 53.3 Å². The molecule has 4 aromatic rings. The highest BCUT2D eigenvalue weighted by atomic mass is 32.1. The fourth-order valence-electron chi connectivity index (χ4n) is 3.11. The normalized spacial score (nSPS) is 11.1. The van der Waals surface area contributed by atoms with E-state index in [1.807, 2.05) is 66.9 Å². The second-order valence-electron chi connectivity index (χ2n) is 6.17. The lowest BCUT2D eigenvalue weighted by Gasteiger charge is -2.11. The Balaban J connectivity index is 1.96. The number of nitrogens with zero attached hydrogens (tertiary/aromatic N) is 2. The van der Waals surface area contributed by atoms with Gasteiger partial charge in [0.15, 0.2) is 8.73 Å². The van der Waals surface area contributed by atoms with Crippen molar-refractivity contribution in [1.29, 1.82) is 0 Å². The van der Waals surface area contributed by atoms with E-state index in [1.165, 1.54) is 15.9 Å². The summed E-state index contributed by atoms with van der Waals surface area (Å²) in [4.78, 5) is 16.5. The van der Waals surface area contributed by atoms with Crippen LogP contribution in [0.25, 0.3) is 21.7 Å². The van der Waals surface area contributed by atoms with Crippen molar-refractivity contribution in [2.45, 2.75) is 13.8 Å². The lowest BCUT2D eigenvalue weighted by molar-refractivity contribution is 0.340. The van der Waals surface area contributed by atoms with Gasteiger partial charge in [0.25, 0.3) is 5.56 Å². The summed E-state index contributed by atoms with van der Waals surface area (Å²) in [6.07, 6.45) is 0. The molecule has 8 heteroatoms. The number of benzene rings is 2. The van der Waals surface area contributed by atoms with Gasteiger partial charge in [-0.05, 0) is 74.2 Å². The van der Waals surface area contributed by atoms with Crippen LogP contribution in [0.5, 0.6) is 5.75 Å². The number of para-hydroxylation sites is 1. The van der Waals surface area contributed by atoms with E-state index >= 15 is 0 Å². The van der Waals surface area contributed by atoms with E-state index in [9.17, 15) is 4.79 Å². The lowest BCUT2D eigenvalue weighted by atomic mass is 10.2.